The van der Waals surface area contributed by atoms with Crippen molar-refractivity contribution in [1.82, 2.24) is 15.1 Å². The Bertz CT molecular complexity index is 1260. The van der Waals surface area contributed by atoms with E-state index in [1.807, 2.05) is 69.3 Å². The smallest absolute Gasteiger partial charge is 0.324 e. The van der Waals surface area contributed by atoms with E-state index in [0.29, 0.717) is 37.9 Å². The molecule has 1 unspecified atom stereocenters. The van der Waals surface area contributed by atoms with Gasteiger partial charge in [0.2, 0.25) is 11.8 Å². The highest BCUT2D eigenvalue weighted by atomic mass is 16.2. The van der Waals surface area contributed by atoms with Gasteiger partial charge in [0.15, 0.2) is 0 Å². The first kappa shape index (κ1) is 24.0. The molecule has 36 heavy (non-hydrogen) atoms. The maximum Gasteiger partial charge on any atom is 0.324 e. The number of amides is 5. The van der Waals surface area contributed by atoms with Gasteiger partial charge in [-0.3, -0.25) is 19.7 Å². The zero-order chi connectivity index (χ0) is 25.9. The van der Waals surface area contributed by atoms with Crippen LogP contribution >= 0.6 is 0 Å². The third-order valence-electron chi connectivity index (χ3n) is 7.75. The number of nitrogens with zero attached hydrogens (tertiary/aromatic N) is 2. The molecule has 2 aromatic carbocycles. The van der Waals surface area contributed by atoms with E-state index in [1.165, 1.54) is 4.90 Å². The molecule has 3 aliphatic rings. The van der Waals surface area contributed by atoms with E-state index < -0.39 is 16.5 Å². The molecule has 2 fully saturated rings. The van der Waals surface area contributed by atoms with Gasteiger partial charge in [0.1, 0.15) is 11.1 Å². The third kappa shape index (κ3) is 3.85. The largest absolute Gasteiger partial charge is 0.324 e. The van der Waals surface area contributed by atoms with E-state index in [4.69, 9.17) is 0 Å². The second-order valence-electron chi connectivity index (χ2n) is 11.3. The molecule has 1 spiro atoms. The highest BCUT2D eigenvalue weighted by Gasteiger charge is 2.58. The minimum Gasteiger partial charge on any atom is -0.324 e. The first-order chi connectivity index (χ1) is 17.0. The summed E-state index contributed by atoms with van der Waals surface area (Å²) >= 11 is 0. The SMILES string of the molecule is CN1C(=O)NC(=O)C12Cc1ccc(NC(=O)C3(N(Cc4ccccc4)C(=O)C(C)(C)C)CC3)cc1C2. The Morgan fingerprint density at radius 1 is 1.03 bits per heavy atom. The number of likely N-dealkylation sites (N-methyl/N-ethyl adjacent to an activating group) is 1. The summed E-state index contributed by atoms with van der Waals surface area (Å²) in [7, 11) is 1.64. The summed E-state index contributed by atoms with van der Waals surface area (Å²) in [5.74, 6) is -0.546. The molecule has 0 bridgehead atoms. The summed E-state index contributed by atoms with van der Waals surface area (Å²) in [5, 5.41) is 5.45. The van der Waals surface area contributed by atoms with Gasteiger partial charge in [-0.15, -0.1) is 0 Å². The third-order valence-corrected chi connectivity index (χ3v) is 7.75. The van der Waals surface area contributed by atoms with Gasteiger partial charge in [0.05, 0.1) is 0 Å². The van der Waals surface area contributed by atoms with Gasteiger partial charge in [-0.25, -0.2) is 4.79 Å². The number of nitrogens with one attached hydrogen (secondary N) is 2. The van der Waals surface area contributed by atoms with Gasteiger partial charge in [-0.05, 0) is 41.7 Å². The van der Waals surface area contributed by atoms with Crippen molar-refractivity contribution in [3.63, 3.8) is 0 Å². The quantitative estimate of drug-likeness (QED) is 0.631. The highest BCUT2D eigenvalue weighted by molar-refractivity contribution is 6.08. The van der Waals surface area contributed by atoms with E-state index in [9.17, 15) is 19.2 Å². The van der Waals surface area contributed by atoms with E-state index >= 15 is 0 Å². The molecule has 5 rings (SSSR count). The lowest BCUT2D eigenvalue weighted by Crippen LogP contribution is -2.52. The van der Waals surface area contributed by atoms with Gasteiger partial charge in [-0.1, -0.05) is 57.2 Å². The van der Waals surface area contributed by atoms with Gasteiger partial charge >= 0.3 is 6.03 Å². The van der Waals surface area contributed by atoms with Crippen LogP contribution in [0.3, 0.4) is 0 Å². The standard InChI is InChI=1S/C28H32N4O4/c1-26(2,3)24(35)32(17-18-8-6-5-7-9-18)27(12-13-27)22(33)29-21-11-10-19-15-28(16-20(19)14-21)23(34)30-25(36)31(28)4/h5-11,14H,12-13,15-17H2,1-4H3,(H,29,33)(H,30,34,36). The van der Waals surface area contributed by atoms with Crippen molar-refractivity contribution in [3.05, 3.63) is 65.2 Å². The van der Waals surface area contributed by atoms with Crippen LogP contribution in [0.15, 0.2) is 48.5 Å². The molecule has 0 aromatic heterocycles. The maximum atomic E-state index is 13.6. The molecule has 1 heterocycles. The minimum atomic E-state index is -0.911. The minimum absolute atomic E-state index is 0.0603. The maximum absolute atomic E-state index is 13.6. The van der Waals surface area contributed by atoms with E-state index in [2.05, 4.69) is 10.6 Å². The summed E-state index contributed by atoms with van der Waals surface area (Å²) in [4.78, 5) is 55.0. The van der Waals surface area contributed by atoms with E-state index in [0.717, 1.165) is 16.7 Å². The summed E-state index contributed by atoms with van der Waals surface area (Å²) in [6, 6.07) is 15.0. The fourth-order valence-corrected chi connectivity index (χ4v) is 5.35. The van der Waals surface area contributed by atoms with Gasteiger partial charge in [0.25, 0.3) is 5.91 Å². The summed E-state index contributed by atoms with van der Waals surface area (Å²) < 4.78 is 0. The van der Waals surface area contributed by atoms with Gasteiger partial charge in [0, 0.05) is 37.5 Å². The van der Waals surface area contributed by atoms with Crippen molar-refractivity contribution < 1.29 is 19.2 Å². The zero-order valence-corrected chi connectivity index (χ0v) is 21.2. The molecule has 2 N–H and O–H groups in total. The van der Waals surface area contributed by atoms with Crippen LogP contribution in [-0.4, -0.2) is 51.7 Å². The Kier molecular flexibility index (Phi) is 5.46. The number of carbonyl (C=O) groups excluding carboxylic acids is 4. The predicted octanol–water partition coefficient (Wildman–Crippen LogP) is 3.25. The number of anilines is 1. The Balaban J connectivity index is 1.38. The zero-order valence-electron chi connectivity index (χ0n) is 21.2. The molecular weight excluding hydrogens is 456 g/mol. The van der Waals surface area contributed by atoms with Crippen LogP contribution in [0.2, 0.25) is 0 Å². The molecule has 0 radical (unpaired) electrons. The van der Waals surface area contributed by atoms with E-state index in [1.54, 1.807) is 11.9 Å². The lowest BCUT2D eigenvalue weighted by atomic mass is 9.92. The van der Waals surface area contributed by atoms with Crippen molar-refractivity contribution in [2.45, 2.75) is 64.1 Å². The normalized spacial score (nSPS) is 21.8. The van der Waals surface area contributed by atoms with Crippen LogP contribution in [0.5, 0.6) is 0 Å². The average Bonchev–Trinajstić information content (AvgIpc) is 3.51. The molecule has 2 aliphatic carbocycles. The second kappa shape index (κ2) is 8.18. The monoisotopic (exact) mass is 488 g/mol. The predicted molar refractivity (Wildman–Crippen MR) is 135 cm³/mol. The molecule has 8 nitrogen and oxygen atoms in total. The molecule has 1 saturated carbocycles. The van der Waals surface area contributed by atoms with Crippen LogP contribution < -0.4 is 10.6 Å². The van der Waals surface area contributed by atoms with Crippen molar-refractivity contribution in [3.8, 4) is 0 Å². The first-order valence-corrected chi connectivity index (χ1v) is 12.3. The highest BCUT2D eigenvalue weighted by Crippen LogP contribution is 2.46. The number of hydrogen-bond donors (Lipinski definition) is 2. The molecule has 5 amide bonds. The van der Waals surface area contributed by atoms with Crippen LogP contribution in [0.25, 0.3) is 0 Å². The molecule has 1 aliphatic heterocycles. The van der Waals surface area contributed by atoms with Crippen LogP contribution in [0.4, 0.5) is 10.5 Å². The summed E-state index contributed by atoms with van der Waals surface area (Å²) in [6.07, 6.45) is 2.05. The summed E-state index contributed by atoms with van der Waals surface area (Å²) in [6.45, 7) is 5.99. The fourth-order valence-electron chi connectivity index (χ4n) is 5.35. The van der Waals surface area contributed by atoms with Crippen molar-refractivity contribution in [1.29, 1.82) is 0 Å². The summed E-state index contributed by atoms with van der Waals surface area (Å²) in [5.41, 5.74) is 1.09. The Labute approximate surface area is 211 Å². The molecule has 8 heteroatoms. The van der Waals surface area contributed by atoms with Crippen LogP contribution in [0, 0.1) is 5.41 Å². The molecule has 2 aromatic rings. The topological polar surface area (TPSA) is 98.8 Å². The lowest BCUT2D eigenvalue weighted by Gasteiger charge is -2.36. The number of rotatable bonds is 5. The fraction of sp³-hybridized carbons (Fsp3) is 0.429. The average molecular weight is 489 g/mol. The molecule has 1 atom stereocenters. The Morgan fingerprint density at radius 2 is 1.69 bits per heavy atom. The van der Waals surface area contributed by atoms with Crippen molar-refractivity contribution in [2.75, 3.05) is 12.4 Å². The number of imide groups is 1. The molecule has 188 valence electrons. The van der Waals surface area contributed by atoms with Gasteiger partial charge < -0.3 is 15.1 Å². The number of hydrogen-bond acceptors (Lipinski definition) is 4. The number of fused-ring (bicyclic) bond motifs is 1. The number of urea groups is 1. The second-order valence-corrected chi connectivity index (χ2v) is 11.3. The number of benzene rings is 2. The lowest BCUT2D eigenvalue weighted by molar-refractivity contribution is -0.147. The van der Waals surface area contributed by atoms with Gasteiger partial charge in [-0.2, -0.15) is 0 Å². The number of carbonyl (C=O) groups is 4. The molecular formula is C28H32N4O4. The Morgan fingerprint density at radius 3 is 2.28 bits per heavy atom. The van der Waals surface area contributed by atoms with E-state index in [-0.39, 0.29) is 23.8 Å². The molecule has 1 saturated heterocycles. The van der Waals surface area contributed by atoms with Crippen LogP contribution in [-0.2, 0) is 33.8 Å². The van der Waals surface area contributed by atoms with Crippen molar-refractivity contribution in [2.24, 2.45) is 5.41 Å². The van der Waals surface area contributed by atoms with Crippen LogP contribution in [0.1, 0.15) is 50.3 Å². The first-order valence-electron chi connectivity index (χ1n) is 12.3. The Hall–Kier alpha value is -3.68. The van der Waals surface area contributed by atoms with Crippen molar-refractivity contribution >= 4 is 29.4 Å².